The van der Waals surface area contributed by atoms with Gasteiger partial charge in [0.1, 0.15) is 17.8 Å². The first-order chi connectivity index (χ1) is 7.26. The van der Waals surface area contributed by atoms with Crippen molar-refractivity contribution in [1.29, 1.82) is 0 Å². The first-order valence-corrected chi connectivity index (χ1v) is 5.35. The van der Waals surface area contributed by atoms with Gasteiger partial charge in [0.15, 0.2) is 0 Å². The molecular formula is C11H18O5. The Morgan fingerprint density at radius 3 is 2.56 bits per heavy atom. The van der Waals surface area contributed by atoms with Gasteiger partial charge < -0.3 is 14.2 Å². The molecule has 0 amide bonds. The summed E-state index contributed by atoms with van der Waals surface area (Å²) in [6, 6.07) is 0. The van der Waals surface area contributed by atoms with Crippen molar-refractivity contribution in [1.82, 2.24) is 0 Å². The minimum absolute atomic E-state index is 0.0801. The number of rotatable bonds is 2. The Labute approximate surface area is 95.0 Å². The molecule has 1 fully saturated rings. The van der Waals surface area contributed by atoms with E-state index in [-0.39, 0.29) is 18.5 Å². The van der Waals surface area contributed by atoms with Gasteiger partial charge in [-0.2, -0.15) is 0 Å². The SMILES string of the molecule is C[C@@H]1C[C@H](CC(=O)OC(C)(C)C)OC(=O)O1. The van der Waals surface area contributed by atoms with Gasteiger partial charge in [-0.25, -0.2) is 4.79 Å². The molecule has 0 N–H and O–H groups in total. The highest BCUT2D eigenvalue weighted by molar-refractivity contribution is 5.71. The van der Waals surface area contributed by atoms with Gasteiger partial charge in [0.2, 0.25) is 0 Å². The summed E-state index contributed by atoms with van der Waals surface area (Å²) in [6.07, 6.45) is -0.770. The highest BCUT2D eigenvalue weighted by atomic mass is 16.7. The molecule has 0 aromatic carbocycles. The maximum absolute atomic E-state index is 11.5. The first kappa shape index (κ1) is 12.8. The number of ether oxygens (including phenoxy) is 3. The van der Waals surface area contributed by atoms with Crippen LogP contribution in [0, 0.1) is 0 Å². The molecule has 0 bridgehead atoms. The summed E-state index contributed by atoms with van der Waals surface area (Å²) in [5, 5.41) is 0. The highest BCUT2D eigenvalue weighted by Gasteiger charge is 2.30. The van der Waals surface area contributed by atoms with Crippen LogP contribution in [0.1, 0.15) is 40.5 Å². The van der Waals surface area contributed by atoms with Crippen LogP contribution < -0.4 is 0 Å². The summed E-state index contributed by atoms with van der Waals surface area (Å²) in [7, 11) is 0. The molecule has 5 heteroatoms. The van der Waals surface area contributed by atoms with Gasteiger partial charge in [-0.15, -0.1) is 0 Å². The minimum atomic E-state index is -0.715. The van der Waals surface area contributed by atoms with E-state index in [0.29, 0.717) is 6.42 Å². The molecule has 2 atom stereocenters. The molecule has 0 aromatic heterocycles. The van der Waals surface area contributed by atoms with E-state index >= 15 is 0 Å². The van der Waals surface area contributed by atoms with E-state index in [1.807, 2.05) is 0 Å². The molecule has 0 spiro atoms. The fourth-order valence-electron chi connectivity index (χ4n) is 1.49. The van der Waals surface area contributed by atoms with Crippen LogP contribution in [-0.4, -0.2) is 29.9 Å². The molecule has 1 aliphatic heterocycles. The Bertz CT molecular complexity index is 279. The molecule has 0 radical (unpaired) electrons. The van der Waals surface area contributed by atoms with Gasteiger partial charge in [-0.05, 0) is 27.7 Å². The third kappa shape index (κ3) is 4.51. The zero-order valence-electron chi connectivity index (χ0n) is 10.1. The monoisotopic (exact) mass is 230 g/mol. The van der Waals surface area contributed by atoms with E-state index in [1.54, 1.807) is 27.7 Å². The lowest BCUT2D eigenvalue weighted by atomic mass is 10.1. The number of carbonyl (C=O) groups is 2. The lowest BCUT2D eigenvalue weighted by Crippen LogP contribution is -2.35. The lowest BCUT2D eigenvalue weighted by molar-refractivity contribution is -0.159. The molecule has 0 saturated carbocycles. The summed E-state index contributed by atoms with van der Waals surface area (Å²) in [5.41, 5.74) is -0.516. The van der Waals surface area contributed by atoms with E-state index in [1.165, 1.54) is 0 Å². The highest BCUT2D eigenvalue weighted by Crippen LogP contribution is 2.19. The van der Waals surface area contributed by atoms with Gasteiger partial charge in [0.25, 0.3) is 0 Å². The molecule has 0 unspecified atom stereocenters. The maximum atomic E-state index is 11.5. The fraction of sp³-hybridized carbons (Fsp3) is 0.818. The molecule has 0 aromatic rings. The zero-order chi connectivity index (χ0) is 12.3. The van der Waals surface area contributed by atoms with Crippen molar-refractivity contribution in [2.45, 2.75) is 58.3 Å². The van der Waals surface area contributed by atoms with Crippen molar-refractivity contribution in [3.05, 3.63) is 0 Å². The summed E-state index contributed by atoms with van der Waals surface area (Å²) in [5.74, 6) is -0.362. The van der Waals surface area contributed by atoms with Crippen LogP contribution in [0.25, 0.3) is 0 Å². The molecule has 92 valence electrons. The predicted molar refractivity (Wildman–Crippen MR) is 55.9 cm³/mol. The topological polar surface area (TPSA) is 61.8 Å². The average Bonchev–Trinajstić information content (AvgIpc) is 1.96. The molecule has 1 rings (SSSR count). The van der Waals surface area contributed by atoms with Crippen LogP contribution in [0.5, 0.6) is 0 Å². The fourth-order valence-corrected chi connectivity index (χ4v) is 1.49. The zero-order valence-corrected chi connectivity index (χ0v) is 10.1. The average molecular weight is 230 g/mol. The van der Waals surface area contributed by atoms with Crippen LogP contribution in [0.2, 0.25) is 0 Å². The molecular weight excluding hydrogens is 212 g/mol. The first-order valence-electron chi connectivity index (χ1n) is 5.35. The van der Waals surface area contributed by atoms with Crippen LogP contribution >= 0.6 is 0 Å². The summed E-state index contributed by atoms with van der Waals surface area (Å²) in [4.78, 5) is 22.4. The second kappa shape index (κ2) is 4.72. The lowest BCUT2D eigenvalue weighted by Gasteiger charge is -2.27. The van der Waals surface area contributed by atoms with Gasteiger partial charge in [-0.1, -0.05) is 0 Å². The standard InChI is InChI=1S/C11H18O5/c1-7-5-8(15-10(13)14-7)6-9(12)16-11(2,3)4/h7-8H,5-6H2,1-4H3/t7-,8-/m1/s1. The third-order valence-electron chi connectivity index (χ3n) is 1.97. The molecule has 1 aliphatic rings. The van der Waals surface area contributed by atoms with Crippen molar-refractivity contribution < 1.29 is 23.8 Å². The Kier molecular flexibility index (Phi) is 3.78. The second-order valence-corrected chi connectivity index (χ2v) is 4.94. The Hall–Kier alpha value is -1.26. The Morgan fingerprint density at radius 2 is 2.06 bits per heavy atom. The minimum Gasteiger partial charge on any atom is -0.460 e. The van der Waals surface area contributed by atoms with E-state index in [0.717, 1.165) is 0 Å². The van der Waals surface area contributed by atoms with E-state index in [9.17, 15) is 9.59 Å². The van der Waals surface area contributed by atoms with Crippen molar-refractivity contribution in [3.63, 3.8) is 0 Å². The van der Waals surface area contributed by atoms with Gasteiger partial charge >= 0.3 is 12.1 Å². The number of carbonyl (C=O) groups excluding carboxylic acids is 2. The van der Waals surface area contributed by atoms with Crippen LogP contribution in [0.3, 0.4) is 0 Å². The number of esters is 1. The Morgan fingerprint density at radius 1 is 1.44 bits per heavy atom. The molecule has 5 nitrogen and oxygen atoms in total. The van der Waals surface area contributed by atoms with Crippen molar-refractivity contribution in [3.8, 4) is 0 Å². The third-order valence-corrected chi connectivity index (χ3v) is 1.97. The number of hydrogen-bond acceptors (Lipinski definition) is 5. The molecule has 16 heavy (non-hydrogen) atoms. The van der Waals surface area contributed by atoms with Gasteiger partial charge in [0.05, 0.1) is 6.42 Å². The Balaban J connectivity index is 2.42. The molecule has 0 aliphatic carbocycles. The van der Waals surface area contributed by atoms with Crippen molar-refractivity contribution in [2.24, 2.45) is 0 Å². The number of cyclic esters (lactones) is 2. The van der Waals surface area contributed by atoms with Crippen molar-refractivity contribution >= 4 is 12.1 Å². The maximum Gasteiger partial charge on any atom is 0.508 e. The number of hydrogen-bond donors (Lipinski definition) is 0. The quantitative estimate of drug-likeness (QED) is 0.679. The summed E-state index contributed by atoms with van der Waals surface area (Å²) in [6.45, 7) is 7.15. The van der Waals surface area contributed by atoms with E-state index < -0.39 is 17.9 Å². The van der Waals surface area contributed by atoms with Crippen LogP contribution in [0.15, 0.2) is 0 Å². The van der Waals surface area contributed by atoms with Gasteiger partial charge in [-0.3, -0.25) is 4.79 Å². The molecule has 1 heterocycles. The van der Waals surface area contributed by atoms with E-state index in [2.05, 4.69) is 0 Å². The largest absolute Gasteiger partial charge is 0.508 e. The van der Waals surface area contributed by atoms with E-state index in [4.69, 9.17) is 14.2 Å². The normalized spacial score (nSPS) is 25.6. The molecule has 1 saturated heterocycles. The van der Waals surface area contributed by atoms with Crippen LogP contribution in [-0.2, 0) is 19.0 Å². The van der Waals surface area contributed by atoms with Crippen molar-refractivity contribution in [2.75, 3.05) is 0 Å². The smallest absolute Gasteiger partial charge is 0.460 e. The predicted octanol–water partition coefficient (Wildman–Crippen LogP) is 2.03. The van der Waals surface area contributed by atoms with Gasteiger partial charge in [0, 0.05) is 6.42 Å². The second-order valence-electron chi connectivity index (χ2n) is 4.94. The summed E-state index contributed by atoms with van der Waals surface area (Å²) >= 11 is 0. The summed E-state index contributed by atoms with van der Waals surface area (Å²) < 4.78 is 14.8. The van der Waals surface area contributed by atoms with Crippen LogP contribution in [0.4, 0.5) is 4.79 Å².